The largest absolute Gasteiger partial charge is 0.395 e. The van der Waals surface area contributed by atoms with Crippen molar-refractivity contribution in [1.82, 2.24) is 9.88 Å². The molecule has 0 atom stereocenters. The number of aliphatic hydroxyl groups excluding tert-OH is 1. The Bertz CT molecular complexity index is 691. The molecule has 2 rings (SSSR count). The molecule has 0 saturated carbocycles. The van der Waals surface area contributed by atoms with Gasteiger partial charge in [0.1, 0.15) is 5.69 Å². The van der Waals surface area contributed by atoms with E-state index in [4.69, 9.17) is 5.11 Å². The Morgan fingerprint density at radius 3 is 2.85 bits per heavy atom. The third-order valence-corrected chi connectivity index (χ3v) is 2.99. The lowest BCUT2D eigenvalue weighted by atomic mass is 10.1. The SMILES string of the molecule is C=CCN(CCO)C(=O)c1cc2ccccc2c(=O)[nH]1. The van der Waals surface area contributed by atoms with Crippen molar-refractivity contribution in [2.24, 2.45) is 0 Å². The van der Waals surface area contributed by atoms with Gasteiger partial charge in [-0.3, -0.25) is 9.59 Å². The summed E-state index contributed by atoms with van der Waals surface area (Å²) in [4.78, 5) is 28.3. The molecule has 0 spiro atoms. The van der Waals surface area contributed by atoms with E-state index in [9.17, 15) is 9.59 Å². The van der Waals surface area contributed by atoms with E-state index in [-0.39, 0.29) is 30.3 Å². The first-order valence-corrected chi connectivity index (χ1v) is 6.30. The number of hydrogen-bond donors (Lipinski definition) is 2. The molecule has 20 heavy (non-hydrogen) atoms. The topological polar surface area (TPSA) is 73.4 Å². The number of pyridine rings is 1. The minimum absolute atomic E-state index is 0.141. The summed E-state index contributed by atoms with van der Waals surface area (Å²) in [7, 11) is 0. The predicted octanol–water partition coefficient (Wildman–Crippen LogP) is 1.15. The molecular weight excluding hydrogens is 256 g/mol. The second-order valence-corrected chi connectivity index (χ2v) is 4.36. The monoisotopic (exact) mass is 272 g/mol. The number of rotatable bonds is 5. The zero-order chi connectivity index (χ0) is 14.5. The Labute approximate surface area is 116 Å². The van der Waals surface area contributed by atoms with Crippen LogP contribution in [0.3, 0.4) is 0 Å². The van der Waals surface area contributed by atoms with Gasteiger partial charge in [0.05, 0.1) is 6.61 Å². The highest BCUT2D eigenvalue weighted by molar-refractivity contribution is 5.96. The number of amides is 1. The Balaban J connectivity index is 2.43. The number of aliphatic hydroxyl groups is 1. The van der Waals surface area contributed by atoms with E-state index in [1.807, 2.05) is 6.07 Å². The lowest BCUT2D eigenvalue weighted by Gasteiger charge is -2.19. The molecule has 5 heteroatoms. The minimum atomic E-state index is -0.332. The van der Waals surface area contributed by atoms with Crippen LogP contribution in [0.25, 0.3) is 10.8 Å². The number of fused-ring (bicyclic) bond motifs is 1. The summed E-state index contributed by atoms with van der Waals surface area (Å²) < 4.78 is 0. The molecule has 0 aliphatic rings. The molecule has 1 heterocycles. The lowest BCUT2D eigenvalue weighted by Crippen LogP contribution is -2.35. The molecule has 0 saturated heterocycles. The molecule has 1 aromatic carbocycles. The Morgan fingerprint density at radius 1 is 1.40 bits per heavy atom. The number of carbonyl (C=O) groups is 1. The number of benzene rings is 1. The van der Waals surface area contributed by atoms with Crippen LogP contribution in [0.5, 0.6) is 0 Å². The van der Waals surface area contributed by atoms with E-state index >= 15 is 0 Å². The zero-order valence-corrected chi connectivity index (χ0v) is 11.0. The molecule has 0 fully saturated rings. The van der Waals surface area contributed by atoms with Crippen LogP contribution in [0, 0.1) is 0 Å². The van der Waals surface area contributed by atoms with Crippen LogP contribution in [0.15, 0.2) is 47.8 Å². The molecule has 0 bridgehead atoms. The number of H-pyrrole nitrogens is 1. The second kappa shape index (κ2) is 6.16. The molecule has 0 aliphatic heterocycles. The Hall–Kier alpha value is -2.40. The van der Waals surface area contributed by atoms with Gasteiger partial charge in [-0.05, 0) is 17.5 Å². The number of aromatic amines is 1. The summed E-state index contributed by atoms with van der Waals surface area (Å²) in [6.45, 7) is 3.95. The van der Waals surface area contributed by atoms with Crippen LogP contribution < -0.4 is 5.56 Å². The van der Waals surface area contributed by atoms with E-state index in [1.165, 1.54) is 4.90 Å². The summed E-state index contributed by atoms with van der Waals surface area (Å²) in [5, 5.41) is 10.2. The molecule has 0 aliphatic carbocycles. The molecule has 0 unspecified atom stereocenters. The van der Waals surface area contributed by atoms with Gasteiger partial charge in [-0.2, -0.15) is 0 Å². The highest BCUT2D eigenvalue weighted by Gasteiger charge is 2.16. The van der Waals surface area contributed by atoms with Gasteiger partial charge in [0.25, 0.3) is 11.5 Å². The molecule has 1 amide bonds. The van der Waals surface area contributed by atoms with Crippen LogP contribution in [-0.4, -0.2) is 40.6 Å². The Morgan fingerprint density at radius 2 is 2.15 bits per heavy atom. The number of aromatic nitrogens is 1. The van der Waals surface area contributed by atoms with Gasteiger partial charge >= 0.3 is 0 Å². The van der Waals surface area contributed by atoms with Gasteiger partial charge in [0.15, 0.2) is 0 Å². The zero-order valence-electron chi connectivity index (χ0n) is 11.0. The van der Waals surface area contributed by atoms with Crippen molar-refractivity contribution in [3.8, 4) is 0 Å². The van der Waals surface area contributed by atoms with Crippen molar-refractivity contribution in [1.29, 1.82) is 0 Å². The van der Waals surface area contributed by atoms with E-state index in [1.54, 1.807) is 30.3 Å². The van der Waals surface area contributed by atoms with Gasteiger partial charge in [-0.15, -0.1) is 6.58 Å². The number of hydrogen-bond acceptors (Lipinski definition) is 3. The first-order valence-electron chi connectivity index (χ1n) is 6.30. The minimum Gasteiger partial charge on any atom is -0.395 e. The fourth-order valence-electron chi connectivity index (χ4n) is 2.05. The van der Waals surface area contributed by atoms with Crippen LogP contribution >= 0.6 is 0 Å². The van der Waals surface area contributed by atoms with Gasteiger partial charge in [-0.1, -0.05) is 24.3 Å². The molecule has 2 N–H and O–H groups in total. The average molecular weight is 272 g/mol. The van der Waals surface area contributed by atoms with E-state index in [0.717, 1.165) is 0 Å². The second-order valence-electron chi connectivity index (χ2n) is 4.36. The van der Waals surface area contributed by atoms with Crippen LogP contribution in [0.2, 0.25) is 0 Å². The highest BCUT2D eigenvalue weighted by atomic mass is 16.3. The van der Waals surface area contributed by atoms with Crippen molar-refractivity contribution >= 4 is 16.7 Å². The molecule has 104 valence electrons. The third-order valence-electron chi connectivity index (χ3n) is 2.99. The van der Waals surface area contributed by atoms with Gasteiger partial charge in [0.2, 0.25) is 0 Å². The lowest BCUT2D eigenvalue weighted by molar-refractivity contribution is 0.0737. The highest BCUT2D eigenvalue weighted by Crippen LogP contribution is 2.11. The quantitative estimate of drug-likeness (QED) is 0.802. The van der Waals surface area contributed by atoms with Crippen molar-refractivity contribution in [3.05, 3.63) is 59.0 Å². The van der Waals surface area contributed by atoms with Crippen molar-refractivity contribution in [2.75, 3.05) is 19.7 Å². The van der Waals surface area contributed by atoms with Crippen molar-refractivity contribution < 1.29 is 9.90 Å². The van der Waals surface area contributed by atoms with Crippen molar-refractivity contribution in [2.45, 2.75) is 0 Å². The summed E-state index contributed by atoms with van der Waals surface area (Å²) in [5.41, 5.74) is -0.0852. The van der Waals surface area contributed by atoms with Gasteiger partial charge in [0, 0.05) is 18.5 Å². The first-order chi connectivity index (χ1) is 9.67. The summed E-state index contributed by atoms with van der Waals surface area (Å²) >= 11 is 0. The number of carbonyl (C=O) groups excluding carboxylic acids is 1. The maximum absolute atomic E-state index is 12.3. The average Bonchev–Trinajstić information content (AvgIpc) is 2.46. The normalized spacial score (nSPS) is 10.4. The van der Waals surface area contributed by atoms with Crippen LogP contribution in [0.4, 0.5) is 0 Å². The van der Waals surface area contributed by atoms with E-state index < -0.39 is 0 Å². The number of nitrogens with one attached hydrogen (secondary N) is 1. The van der Waals surface area contributed by atoms with Crippen LogP contribution in [0.1, 0.15) is 10.5 Å². The fourth-order valence-corrected chi connectivity index (χ4v) is 2.05. The Kier molecular flexibility index (Phi) is 4.32. The molecule has 1 aromatic heterocycles. The van der Waals surface area contributed by atoms with Gasteiger partial charge in [-0.25, -0.2) is 0 Å². The maximum Gasteiger partial charge on any atom is 0.270 e. The molecule has 0 radical (unpaired) electrons. The van der Waals surface area contributed by atoms with E-state index in [0.29, 0.717) is 17.3 Å². The molecule has 5 nitrogen and oxygen atoms in total. The summed E-state index contributed by atoms with van der Waals surface area (Å²) in [5.74, 6) is -0.332. The first kappa shape index (κ1) is 14.0. The molecule has 2 aromatic rings. The summed E-state index contributed by atoms with van der Waals surface area (Å²) in [6.07, 6.45) is 1.58. The standard InChI is InChI=1S/C15H16N2O3/c1-2-7-17(8-9-18)15(20)13-10-11-5-3-4-6-12(11)14(19)16-13/h2-6,10,18H,1,7-9H2,(H,16,19). The van der Waals surface area contributed by atoms with E-state index in [2.05, 4.69) is 11.6 Å². The van der Waals surface area contributed by atoms with Crippen LogP contribution in [-0.2, 0) is 0 Å². The fraction of sp³-hybridized carbons (Fsp3) is 0.200. The predicted molar refractivity (Wildman–Crippen MR) is 77.8 cm³/mol. The maximum atomic E-state index is 12.3. The molecular formula is C15H16N2O3. The van der Waals surface area contributed by atoms with Gasteiger partial charge < -0.3 is 15.0 Å². The smallest absolute Gasteiger partial charge is 0.270 e. The third kappa shape index (κ3) is 2.78. The van der Waals surface area contributed by atoms with Crippen molar-refractivity contribution in [3.63, 3.8) is 0 Å². The number of nitrogens with zero attached hydrogens (tertiary/aromatic N) is 1. The summed E-state index contributed by atoms with van der Waals surface area (Å²) in [6, 6.07) is 8.72.